The maximum atomic E-state index is 11.1. The van der Waals surface area contributed by atoms with Gasteiger partial charge in [0.2, 0.25) is 0 Å². The summed E-state index contributed by atoms with van der Waals surface area (Å²) < 4.78 is 1.96. The standard InChI is InChI=1S/C28H27N7O2/c29-25-18-6-9-35(27(18)33-14-32-25)22-20-12-28(20,24(37)23(22)36)7-5-15-3-4-16-11-19(17-2-1-8-31-13-17)26(30)34-21(16)10-15/h1-4,6,8-11,13-14,20,22-24,36-37H,5,7,12H2,(H2,30,34)(H2,29,32,33)/t20-,22-,23+,24+,28-/m1/s1. The topological polar surface area (TPSA) is 149 Å². The third-order valence-electron chi connectivity index (χ3n) is 8.48. The summed E-state index contributed by atoms with van der Waals surface area (Å²) in [5.41, 5.74) is 16.5. The Labute approximate surface area is 212 Å². The molecule has 2 aliphatic carbocycles. The summed E-state index contributed by atoms with van der Waals surface area (Å²) in [5, 5.41) is 23.9. The number of nitrogen functional groups attached to an aromatic ring is 2. The van der Waals surface area contributed by atoms with E-state index in [0.29, 0.717) is 17.3 Å². The van der Waals surface area contributed by atoms with Gasteiger partial charge in [-0.3, -0.25) is 4.98 Å². The average molecular weight is 494 g/mol. The predicted molar refractivity (Wildman–Crippen MR) is 141 cm³/mol. The van der Waals surface area contributed by atoms with Gasteiger partial charge in [0, 0.05) is 40.5 Å². The number of aliphatic hydroxyl groups is 2. The number of aryl methyl sites for hydroxylation is 1. The molecule has 0 amide bonds. The van der Waals surface area contributed by atoms with E-state index in [2.05, 4.69) is 38.1 Å². The second-order valence-corrected chi connectivity index (χ2v) is 10.4. The second kappa shape index (κ2) is 7.96. The fourth-order valence-corrected chi connectivity index (χ4v) is 6.45. The highest BCUT2D eigenvalue weighted by Gasteiger charge is 2.70. The lowest BCUT2D eigenvalue weighted by Gasteiger charge is -2.24. The maximum absolute atomic E-state index is 11.1. The third-order valence-corrected chi connectivity index (χ3v) is 8.48. The molecule has 0 spiro atoms. The molecule has 6 N–H and O–H groups in total. The first-order valence-corrected chi connectivity index (χ1v) is 12.5. The van der Waals surface area contributed by atoms with E-state index in [1.165, 1.54) is 6.33 Å². The van der Waals surface area contributed by atoms with E-state index in [0.717, 1.165) is 52.2 Å². The van der Waals surface area contributed by atoms with E-state index in [4.69, 9.17) is 11.5 Å². The molecule has 2 fully saturated rings. The molecule has 0 radical (unpaired) electrons. The molecule has 0 saturated heterocycles. The first-order chi connectivity index (χ1) is 18.0. The van der Waals surface area contributed by atoms with Crippen molar-refractivity contribution in [2.24, 2.45) is 11.3 Å². The van der Waals surface area contributed by atoms with E-state index < -0.39 is 12.2 Å². The van der Waals surface area contributed by atoms with Crippen molar-refractivity contribution < 1.29 is 10.2 Å². The summed E-state index contributed by atoms with van der Waals surface area (Å²) in [7, 11) is 0. The van der Waals surface area contributed by atoms with Crippen LogP contribution in [0.4, 0.5) is 11.6 Å². The zero-order chi connectivity index (χ0) is 25.3. The number of aliphatic hydroxyl groups excluding tert-OH is 2. The van der Waals surface area contributed by atoms with Crippen LogP contribution in [0.15, 0.2) is 67.4 Å². The van der Waals surface area contributed by atoms with Crippen molar-refractivity contribution in [1.29, 1.82) is 0 Å². The highest BCUT2D eigenvalue weighted by molar-refractivity contribution is 5.89. The molecule has 4 aromatic heterocycles. The van der Waals surface area contributed by atoms with Gasteiger partial charge < -0.3 is 26.2 Å². The third kappa shape index (κ3) is 3.31. The highest BCUT2D eigenvalue weighted by Crippen LogP contribution is 2.69. The SMILES string of the molecule is Nc1nc2cc(CC[C@@]34C[C@@H]3[C@@H](n3ccc5c(N)ncnc53)[C@H](O)[C@@H]4O)ccc2cc1-c1cccnc1. The number of nitrogens with two attached hydrogens (primary N) is 2. The van der Waals surface area contributed by atoms with Crippen LogP contribution in [0.3, 0.4) is 0 Å². The first-order valence-electron chi connectivity index (χ1n) is 12.5. The van der Waals surface area contributed by atoms with E-state index in [-0.39, 0.29) is 17.4 Å². The first kappa shape index (κ1) is 22.1. The maximum Gasteiger partial charge on any atom is 0.145 e. The number of benzene rings is 1. The molecule has 186 valence electrons. The summed E-state index contributed by atoms with van der Waals surface area (Å²) >= 11 is 0. The van der Waals surface area contributed by atoms with Crippen LogP contribution >= 0.6 is 0 Å². The zero-order valence-electron chi connectivity index (χ0n) is 20.1. The van der Waals surface area contributed by atoms with Gasteiger partial charge in [0.05, 0.1) is 23.0 Å². The molecule has 1 aromatic carbocycles. The molecule has 9 nitrogen and oxygen atoms in total. The lowest BCUT2D eigenvalue weighted by atomic mass is 9.91. The smallest absolute Gasteiger partial charge is 0.145 e. The van der Waals surface area contributed by atoms with Crippen LogP contribution in [0.5, 0.6) is 0 Å². The Bertz CT molecular complexity index is 1650. The van der Waals surface area contributed by atoms with E-state index in [1.54, 1.807) is 12.4 Å². The molecule has 0 bridgehead atoms. The molecule has 0 aliphatic heterocycles. The van der Waals surface area contributed by atoms with Crippen LogP contribution in [0, 0.1) is 11.3 Å². The van der Waals surface area contributed by atoms with Gasteiger partial charge in [-0.15, -0.1) is 0 Å². The average Bonchev–Trinajstić information content (AvgIpc) is 3.40. The minimum atomic E-state index is -0.866. The zero-order valence-corrected chi connectivity index (χ0v) is 20.1. The molecule has 2 aliphatic rings. The number of fused-ring (bicyclic) bond motifs is 3. The summed E-state index contributed by atoms with van der Waals surface area (Å²) in [6, 6.07) is 13.8. The molecule has 9 heteroatoms. The van der Waals surface area contributed by atoms with E-state index in [9.17, 15) is 10.2 Å². The number of anilines is 2. The Balaban J connectivity index is 1.13. The van der Waals surface area contributed by atoms with Crippen molar-refractivity contribution in [2.45, 2.75) is 37.5 Å². The van der Waals surface area contributed by atoms with Crippen LogP contribution < -0.4 is 11.5 Å². The van der Waals surface area contributed by atoms with Gasteiger partial charge in [-0.2, -0.15) is 0 Å². The predicted octanol–water partition coefficient (Wildman–Crippen LogP) is 3.12. The van der Waals surface area contributed by atoms with Gasteiger partial charge in [-0.1, -0.05) is 18.2 Å². The summed E-state index contributed by atoms with van der Waals surface area (Å²) in [5.74, 6) is 1.05. The molecule has 4 heterocycles. The quantitative estimate of drug-likeness (QED) is 0.292. The van der Waals surface area contributed by atoms with E-state index in [1.807, 2.05) is 35.0 Å². The Kier molecular flexibility index (Phi) is 4.76. The van der Waals surface area contributed by atoms with Crippen LogP contribution in [0.1, 0.15) is 24.4 Å². The minimum absolute atomic E-state index is 0.167. The lowest BCUT2D eigenvalue weighted by molar-refractivity contribution is -0.0191. The molecular weight excluding hydrogens is 466 g/mol. The number of hydrogen-bond donors (Lipinski definition) is 4. The molecular formula is C28H27N7O2. The lowest BCUT2D eigenvalue weighted by Crippen LogP contribution is -2.34. The van der Waals surface area contributed by atoms with Crippen LogP contribution in [0.2, 0.25) is 0 Å². The fourth-order valence-electron chi connectivity index (χ4n) is 6.45. The molecule has 5 atom stereocenters. The van der Waals surface area contributed by atoms with Crippen molar-refractivity contribution in [3.8, 4) is 11.1 Å². The van der Waals surface area contributed by atoms with Gasteiger partial charge >= 0.3 is 0 Å². The Morgan fingerprint density at radius 3 is 2.78 bits per heavy atom. The molecule has 7 rings (SSSR count). The Morgan fingerprint density at radius 2 is 1.95 bits per heavy atom. The number of aromatic nitrogens is 5. The van der Waals surface area contributed by atoms with Crippen molar-refractivity contribution in [1.82, 2.24) is 24.5 Å². The Morgan fingerprint density at radius 1 is 1.05 bits per heavy atom. The van der Waals surface area contributed by atoms with Crippen LogP contribution in [-0.4, -0.2) is 46.9 Å². The second-order valence-electron chi connectivity index (χ2n) is 10.4. The molecule has 0 unspecified atom stereocenters. The van der Waals surface area contributed by atoms with Gasteiger partial charge in [0.1, 0.15) is 29.7 Å². The normalized spacial score (nSPS) is 26.5. The number of nitrogens with zero attached hydrogens (tertiary/aromatic N) is 5. The van der Waals surface area contributed by atoms with Gasteiger partial charge in [0.15, 0.2) is 0 Å². The summed E-state index contributed by atoms with van der Waals surface area (Å²) in [4.78, 5) is 17.3. The van der Waals surface area contributed by atoms with Gasteiger partial charge in [-0.25, -0.2) is 15.0 Å². The van der Waals surface area contributed by atoms with Crippen molar-refractivity contribution >= 4 is 33.6 Å². The molecule has 5 aromatic rings. The largest absolute Gasteiger partial charge is 0.390 e. The molecule has 37 heavy (non-hydrogen) atoms. The van der Waals surface area contributed by atoms with Crippen LogP contribution in [-0.2, 0) is 6.42 Å². The highest BCUT2D eigenvalue weighted by atomic mass is 16.3. The van der Waals surface area contributed by atoms with Crippen LogP contribution in [0.25, 0.3) is 33.1 Å². The van der Waals surface area contributed by atoms with Crippen molar-refractivity contribution in [2.75, 3.05) is 11.5 Å². The molecule has 2 saturated carbocycles. The number of pyridine rings is 2. The summed E-state index contributed by atoms with van der Waals surface area (Å²) in [6.45, 7) is 0. The minimum Gasteiger partial charge on any atom is -0.390 e. The van der Waals surface area contributed by atoms with Crippen molar-refractivity contribution in [3.05, 3.63) is 72.9 Å². The monoisotopic (exact) mass is 493 g/mol. The fraction of sp³-hybridized carbons (Fsp3) is 0.286. The Hall–Kier alpha value is -4.08. The number of rotatable bonds is 5. The van der Waals surface area contributed by atoms with E-state index >= 15 is 0 Å². The van der Waals surface area contributed by atoms with Crippen molar-refractivity contribution in [3.63, 3.8) is 0 Å². The van der Waals surface area contributed by atoms with Gasteiger partial charge in [-0.05, 0) is 55.0 Å². The van der Waals surface area contributed by atoms with Gasteiger partial charge in [0.25, 0.3) is 0 Å². The summed E-state index contributed by atoms with van der Waals surface area (Å²) in [6.07, 6.45) is 7.60. The number of hydrogen-bond acceptors (Lipinski definition) is 8.